The van der Waals surface area contributed by atoms with Crippen molar-refractivity contribution in [2.24, 2.45) is 0 Å². The molecule has 0 aliphatic heterocycles. The van der Waals surface area contributed by atoms with Crippen LogP contribution in [0, 0.1) is 0 Å². The van der Waals surface area contributed by atoms with E-state index < -0.39 is 0 Å². The molecule has 0 bridgehead atoms. The lowest BCUT2D eigenvalue weighted by Crippen LogP contribution is -2.36. The van der Waals surface area contributed by atoms with Gasteiger partial charge in [-0.3, -0.25) is 0 Å². The van der Waals surface area contributed by atoms with Gasteiger partial charge in [0.1, 0.15) is 0 Å². The largest absolute Gasteiger partial charge is 0.360 e. The van der Waals surface area contributed by atoms with Crippen LogP contribution in [-0.4, -0.2) is 11.2 Å². The average molecular weight is 407 g/mol. The minimum Gasteiger partial charge on any atom is -0.360 e. The summed E-state index contributed by atoms with van der Waals surface area (Å²) >= 11 is 7.31. The van der Waals surface area contributed by atoms with Crippen LogP contribution in [0.15, 0.2) is 89.8 Å². The second-order valence-electron chi connectivity index (χ2n) is 6.82. The van der Waals surface area contributed by atoms with Crippen LogP contribution in [0.25, 0.3) is 0 Å². The van der Waals surface area contributed by atoms with Crippen molar-refractivity contribution in [3.63, 3.8) is 0 Å². The van der Waals surface area contributed by atoms with Crippen molar-refractivity contribution in [2.75, 3.05) is 5.32 Å². The van der Waals surface area contributed by atoms with E-state index >= 15 is 0 Å². The summed E-state index contributed by atoms with van der Waals surface area (Å²) in [5.74, 6) is 0.962. The minimum atomic E-state index is 0.321. The van der Waals surface area contributed by atoms with Crippen molar-refractivity contribution < 1.29 is 0 Å². The molecule has 3 rings (SSSR count). The Labute approximate surface area is 177 Å². The van der Waals surface area contributed by atoms with Crippen LogP contribution >= 0.6 is 24.0 Å². The number of benzene rings is 3. The van der Waals surface area contributed by atoms with Crippen LogP contribution < -0.4 is 10.6 Å². The Morgan fingerprint density at radius 2 is 1.50 bits per heavy atom. The van der Waals surface area contributed by atoms with Crippen molar-refractivity contribution in [1.82, 2.24) is 5.32 Å². The summed E-state index contributed by atoms with van der Waals surface area (Å²) < 4.78 is 0. The number of aryl methyl sites for hydroxylation is 1. The first-order chi connectivity index (χ1) is 13.7. The first-order valence-electron chi connectivity index (χ1n) is 9.57. The van der Waals surface area contributed by atoms with Crippen LogP contribution in [0.4, 0.5) is 5.69 Å². The number of thioether (sulfide) groups is 1. The zero-order chi connectivity index (χ0) is 19.6. The standard InChI is InChI=1S/C24H26N2S2/c1-19(12-13-20-8-4-2-5-9-20)25-24(27)26-22-16-14-21(15-17-22)18-28-23-10-6-3-7-11-23/h2-11,14-17,19H,12-13,18H2,1H3,(H2,25,26,27)/t19-/m1/s1. The van der Waals surface area contributed by atoms with Crippen molar-refractivity contribution in [3.05, 3.63) is 96.1 Å². The first kappa shape index (κ1) is 20.4. The second kappa shape index (κ2) is 10.9. The van der Waals surface area contributed by atoms with E-state index in [0.717, 1.165) is 24.3 Å². The van der Waals surface area contributed by atoms with Gasteiger partial charge in [-0.05, 0) is 67.4 Å². The number of anilines is 1. The van der Waals surface area contributed by atoms with Gasteiger partial charge in [-0.2, -0.15) is 0 Å². The molecule has 144 valence electrons. The van der Waals surface area contributed by atoms with Gasteiger partial charge in [-0.25, -0.2) is 0 Å². The summed E-state index contributed by atoms with van der Waals surface area (Å²) in [6, 6.07) is 29.8. The van der Waals surface area contributed by atoms with E-state index in [9.17, 15) is 0 Å². The molecule has 0 fully saturated rings. The Morgan fingerprint density at radius 3 is 2.18 bits per heavy atom. The van der Waals surface area contributed by atoms with E-state index in [-0.39, 0.29) is 0 Å². The summed E-state index contributed by atoms with van der Waals surface area (Å²) in [4.78, 5) is 1.29. The molecule has 0 amide bonds. The summed E-state index contributed by atoms with van der Waals surface area (Å²) in [5, 5.41) is 7.33. The topological polar surface area (TPSA) is 24.1 Å². The fourth-order valence-electron chi connectivity index (χ4n) is 2.86. The Kier molecular flexibility index (Phi) is 7.94. The lowest BCUT2D eigenvalue weighted by molar-refractivity contribution is 0.609. The molecule has 1 atom stereocenters. The normalized spacial score (nSPS) is 11.6. The molecule has 3 aromatic carbocycles. The molecular weight excluding hydrogens is 380 g/mol. The molecule has 0 aromatic heterocycles. The molecule has 0 radical (unpaired) electrons. The molecule has 0 saturated heterocycles. The number of hydrogen-bond donors (Lipinski definition) is 2. The molecule has 0 heterocycles. The molecule has 2 nitrogen and oxygen atoms in total. The van der Waals surface area contributed by atoms with E-state index in [0.29, 0.717) is 11.2 Å². The number of rotatable bonds is 8. The van der Waals surface area contributed by atoms with E-state index in [1.54, 1.807) is 0 Å². The maximum Gasteiger partial charge on any atom is 0.170 e. The molecule has 4 heteroatoms. The van der Waals surface area contributed by atoms with E-state index in [1.807, 2.05) is 17.8 Å². The van der Waals surface area contributed by atoms with Gasteiger partial charge in [-0.15, -0.1) is 11.8 Å². The van der Waals surface area contributed by atoms with E-state index in [2.05, 4.69) is 96.4 Å². The summed E-state index contributed by atoms with van der Waals surface area (Å²) in [7, 11) is 0. The number of thiocarbonyl (C=S) groups is 1. The van der Waals surface area contributed by atoms with Gasteiger partial charge in [0, 0.05) is 22.4 Å². The van der Waals surface area contributed by atoms with Gasteiger partial charge < -0.3 is 10.6 Å². The molecule has 0 unspecified atom stereocenters. The van der Waals surface area contributed by atoms with Gasteiger partial charge in [0.05, 0.1) is 0 Å². The fourth-order valence-corrected chi connectivity index (χ4v) is 4.05. The summed E-state index contributed by atoms with van der Waals surface area (Å²) in [6.07, 6.45) is 2.09. The van der Waals surface area contributed by atoms with Gasteiger partial charge >= 0.3 is 0 Å². The minimum absolute atomic E-state index is 0.321. The van der Waals surface area contributed by atoms with Crippen LogP contribution in [-0.2, 0) is 12.2 Å². The van der Waals surface area contributed by atoms with Gasteiger partial charge in [0.15, 0.2) is 5.11 Å². The van der Waals surface area contributed by atoms with Gasteiger partial charge in [0.2, 0.25) is 0 Å². The zero-order valence-corrected chi connectivity index (χ0v) is 17.7. The number of nitrogens with one attached hydrogen (secondary N) is 2. The molecule has 28 heavy (non-hydrogen) atoms. The Bertz CT molecular complexity index is 849. The molecule has 3 aromatic rings. The average Bonchev–Trinajstić information content (AvgIpc) is 2.73. The Morgan fingerprint density at radius 1 is 0.857 bits per heavy atom. The van der Waals surface area contributed by atoms with Crippen LogP contribution in [0.2, 0.25) is 0 Å². The highest BCUT2D eigenvalue weighted by molar-refractivity contribution is 7.98. The summed E-state index contributed by atoms with van der Waals surface area (Å²) in [5.41, 5.74) is 3.68. The number of hydrogen-bond acceptors (Lipinski definition) is 2. The molecule has 0 aliphatic rings. The van der Waals surface area contributed by atoms with Gasteiger partial charge in [-0.1, -0.05) is 60.7 Å². The fraction of sp³-hybridized carbons (Fsp3) is 0.208. The SMILES string of the molecule is C[C@H](CCc1ccccc1)NC(=S)Nc1ccc(CSc2ccccc2)cc1. The third-order valence-corrected chi connectivity index (χ3v) is 5.75. The monoisotopic (exact) mass is 406 g/mol. The second-order valence-corrected chi connectivity index (χ2v) is 8.28. The van der Waals surface area contributed by atoms with Crippen LogP contribution in [0.1, 0.15) is 24.5 Å². The molecule has 0 aliphatic carbocycles. The maximum absolute atomic E-state index is 5.46. The Hall–Kier alpha value is -2.30. The summed E-state index contributed by atoms with van der Waals surface area (Å²) in [6.45, 7) is 2.17. The lowest BCUT2D eigenvalue weighted by atomic mass is 10.1. The van der Waals surface area contributed by atoms with Crippen molar-refractivity contribution in [3.8, 4) is 0 Å². The highest BCUT2D eigenvalue weighted by atomic mass is 32.2. The van der Waals surface area contributed by atoms with Crippen molar-refractivity contribution in [1.29, 1.82) is 0 Å². The zero-order valence-electron chi connectivity index (χ0n) is 16.1. The predicted molar refractivity (Wildman–Crippen MR) is 126 cm³/mol. The van der Waals surface area contributed by atoms with E-state index in [1.165, 1.54) is 16.0 Å². The van der Waals surface area contributed by atoms with Gasteiger partial charge in [0.25, 0.3) is 0 Å². The van der Waals surface area contributed by atoms with Crippen LogP contribution in [0.5, 0.6) is 0 Å². The maximum atomic E-state index is 5.46. The molecule has 2 N–H and O–H groups in total. The Balaban J connectivity index is 1.41. The van der Waals surface area contributed by atoms with Crippen molar-refractivity contribution >= 4 is 34.8 Å². The quantitative estimate of drug-likeness (QED) is 0.339. The first-order valence-corrected chi connectivity index (χ1v) is 11.0. The lowest BCUT2D eigenvalue weighted by Gasteiger charge is -2.17. The highest BCUT2D eigenvalue weighted by Crippen LogP contribution is 2.23. The van der Waals surface area contributed by atoms with Crippen molar-refractivity contribution in [2.45, 2.75) is 36.5 Å². The smallest absolute Gasteiger partial charge is 0.170 e. The molecule has 0 spiro atoms. The van der Waals surface area contributed by atoms with Crippen LogP contribution in [0.3, 0.4) is 0 Å². The molecule has 0 saturated carbocycles. The molecular formula is C24H26N2S2. The third-order valence-electron chi connectivity index (χ3n) is 4.45. The highest BCUT2D eigenvalue weighted by Gasteiger charge is 2.05. The third kappa shape index (κ3) is 7.02. The predicted octanol–water partition coefficient (Wildman–Crippen LogP) is 6.29. The van der Waals surface area contributed by atoms with E-state index in [4.69, 9.17) is 12.2 Å².